The monoisotopic (exact) mass is 345 g/mol. The van der Waals surface area contributed by atoms with Crippen LogP contribution in [-0.2, 0) is 19.7 Å². The number of ketones is 1. The van der Waals surface area contributed by atoms with Crippen LogP contribution in [0.5, 0.6) is 0 Å². The van der Waals surface area contributed by atoms with Gasteiger partial charge in [0.05, 0.1) is 7.11 Å². The van der Waals surface area contributed by atoms with Gasteiger partial charge in [0.1, 0.15) is 11.8 Å². The third-order valence-electron chi connectivity index (χ3n) is 4.75. The van der Waals surface area contributed by atoms with Crippen molar-refractivity contribution in [3.8, 4) is 0 Å². The van der Waals surface area contributed by atoms with E-state index in [1.54, 1.807) is 12.1 Å². The van der Waals surface area contributed by atoms with Crippen LogP contribution in [-0.4, -0.2) is 30.8 Å². The molecule has 136 valence electrons. The minimum absolute atomic E-state index is 0.00597. The molecule has 2 atom stereocenters. The molecule has 0 heterocycles. The van der Waals surface area contributed by atoms with Crippen LogP contribution in [0, 0.1) is 5.92 Å². The number of esters is 1. The molecule has 0 aliphatic heterocycles. The summed E-state index contributed by atoms with van der Waals surface area (Å²) in [7, 11) is 1.30. The number of benzene rings is 1. The molecule has 1 aromatic carbocycles. The van der Waals surface area contributed by atoms with Crippen LogP contribution in [0.2, 0.25) is 0 Å². The Morgan fingerprint density at radius 1 is 1.20 bits per heavy atom. The molecule has 1 fully saturated rings. The molecule has 5 nitrogen and oxygen atoms in total. The first-order chi connectivity index (χ1) is 11.7. The summed E-state index contributed by atoms with van der Waals surface area (Å²) in [6, 6.07) is 6.58. The van der Waals surface area contributed by atoms with E-state index < -0.39 is 12.0 Å². The second kappa shape index (κ2) is 7.81. The number of methoxy groups -OCH3 is 1. The van der Waals surface area contributed by atoms with Crippen LogP contribution >= 0.6 is 0 Å². The van der Waals surface area contributed by atoms with Crippen molar-refractivity contribution in [1.29, 1.82) is 0 Å². The molecule has 1 aromatic rings. The van der Waals surface area contributed by atoms with E-state index in [9.17, 15) is 14.4 Å². The molecule has 1 aliphatic rings. The lowest BCUT2D eigenvalue weighted by molar-refractivity contribution is -0.145. The van der Waals surface area contributed by atoms with Gasteiger partial charge in [-0.2, -0.15) is 0 Å². The Hall–Kier alpha value is -2.17. The molecule has 1 N–H and O–H groups in total. The zero-order chi connectivity index (χ0) is 18.6. The molecule has 1 aliphatic carbocycles. The van der Waals surface area contributed by atoms with Crippen molar-refractivity contribution in [1.82, 2.24) is 5.32 Å². The van der Waals surface area contributed by atoms with Gasteiger partial charge in [0, 0.05) is 18.4 Å². The predicted molar refractivity (Wildman–Crippen MR) is 95.4 cm³/mol. The third kappa shape index (κ3) is 4.91. The van der Waals surface area contributed by atoms with Gasteiger partial charge < -0.3 is 10.1 Å². The average Bonchev–Trinajstić information content (AvgIpc) is 2.58. The number of Topliss-reactive ketones (excluding diaryl/α,β-unsaturated/α-hetero) is 1. The Labute approximate surface area is 149 Å². The molecule has 5 heteroatoms. The fraction of sp³-hybridized carbons (Fsp3) is 0.550. The number of rotatable bonds is 4. The van der Waals surface area contributed by atoms with Crippen molar-refractivity contribution in [2.24, 2.45) is 5.92 Å². The van der Waals surface area contributed by atoms with Crippen molar-refractivity contribution in [3.05, 3.63) is 35.4 Å². The minimum Gasteiger partial charge on any atom is -0.467 e. The summed E-state index contributed by atoms with van der Waals surface area (Å²) in [5.74, 6) is -0.895. The normalized spacial score (nSPS) is 19.2. The number of nitrogens with one attached hydrogen (secondary N) is 1. The Kier molecular flexibility index (Phi) is 5.98. The molecular weight excluding hydrogens is 318 g/mol. The summed E-state index contributed by atoms with van der Waals surface area (Å²) < 4.78 is 4.84. The Balaban J connectivity index is 2.13. The van der Waals surface area contributed by atoms with E-state index in [2.05, 4.69) is 26.1 Å². The number of ether oxygens (including phenoxy) is 1. The number of amides is 1. The summed E-state index contributed by atoms with van der Waals surface area (Å²) >= 11 is 0. The van der Waals surface area contributed by atoms with Crippen LogP contribution in [0.1, 0.15) is 62.4 Å². The highest BCUT2D eigenvalue weighted by Gasteiger charge is 2.34. The lowest BCUT2D eigenvalue weighted by Gasteiger charge is -2.28. The number of carbonyl (C=O) groups is 3. The maximum Gasteiger partial charge on any atom is 0.328 e. The van der Waals surface area contributed by atoms with Crippen LogP contribution in [0.25, 0.3) is 0 Å². The maximum atomic E-state index is 12.6. The van der Waals surface area contributed by atoms with Crippen LogP contribution in [0.15, 0.2) is 24.3 Å². The van der Waals surface area contributed by atoms with Gasteiger partial charge in [-0.05, 0) is 41.9 Å². The van der Waals surface area contributed by atoms with E-state index in [1.807, 2.05) is 12.1 Å². The molecule has 0 bridgehead atoms. The molecule has 25 heavy (non-hydrogen) atoms. The summed E-state index contributed by atoms with van der Waals surface area (Å²) in [5, 5.41) is 2.77. The zero-order valence-corrected chi connectivity index (χ0v) is 15.4. The Bertz CT molecular complexity index is 643. The standard InChI is InChI=1S/C20H27NO4/c1-20(2,3)15-10-8-13(9-11-15)18(23)21-17(19(24)25-4)14-6-5-7-16(22)12-14/h8-11,14,17H,5-7,12H2,1-4H3,(H,21,23)/t14-,17-/m1/s1. The van der Waals surface area contributed by atoms with Gasteiger partial charge in [0.15, 0.2) is 0 Å². The van der Waals surface area contributed by atoms with Crippen molar-refractivity contribution >= 4 is 17.7 Å². The van der Waals surface area contributed by atoms with Crippen LogP contribution in [0.3, 0.4) is 0 Å². The first-order valence-corrected chi connectivity index (χ1v) is 8.73. The van der Waals surface area contributed by atoms with Gasteiger partial charge in [0.2, 0.25) is 0 Å². The van der Waals surface area contributed by atoms with E-state index in [-0.39, 0.29) is 23.0 Å². The SMILES string of the molecule is COC(=O)[C@H](NC(=O)c1ccc(C(C)(C)C)cc1)[C@@H]1CCCC(=O)C1. The largest absolute Gasteiger partial charge is 0.467 e. The lowest BCUT2D eigenvalue weighted by Crippen LogP contribution is -2.48. The highest BCUT2D eigenvalue weighted by molar-refractivity contribution is 5.97. The van der Waals surface area contributed by atoms with Gasteiger partial charge >= 0.3 is 5.97 Å². The second-order valence-electron chi connectivity index (χ2n) is 7.70. The predicted octanol–water partition coefficient (Wildman–Crippen LogP) is 3.01. The fourth-order valence-corrected chi connectivity index (χ4v) is 3.18. The van der Waals surface area contributed by atoms with Crippen molar-refractivity contribution in [3.63, 3.8) is 0 Å². The average molecular weight is 345 g/mol. The van der Waals surface area contributed by atoms with Crippen molar-refractivity contribution in [2.75, 3.05) is 7.11 Å². The van der Waals surface area contributed by atoms with Crippen molar-refractivity contribution < 1.29 is 19.1 Å². The van der Waals surface area contributed by atoms with Gasteiger partial charge in [-0.1, -0.05) is 32.9 Å². The maximum absolute atomic E-state index is 12.6. The molecule has 1 saturated carbocycles. The molecule has 1 amide bonds. The molecular formula is C20H27NO4. The van der Waals surface area contributed by atoms with E-state index in [4.69, 9.17) is 4.74 Å². The Morgan fingerprint density at radius 3 is 2.36 bits per heavy atom. The first kappa shape index (κ1) is 19.2. The molecule has 0 radical (unpaired) electrons. The molecule has 2 rings (SSSR count). The number of hydrogen-bond donors (Lipinski definition) is 1. The Morgan fingerprint density at radius 2 is 1.84 bits per heavy atom. The quantitative estimate of drug-likeness (QED) is 0.852. The topological polar surface area (TPSA) is 72.5 Å². The summed E-state index contributed by atoms with van der Waals surface area (Å²) in [6.07, 6.45) is 2.33. The van der Waals surface area contributed by atoms with E-state index >= 15 is 0 Å². The van der Waals surface area contributed by atoms with Crippen LogP contribution in [0.4, 0.5) is 0 Å². The minimum atomic E-state index is -0.788. The second-order valence-corrected chi connectivity index (χ2v) is 7.70. The van der Waals surface area contributed by atoms with E-state index in [0.29, 0.717) is 18.4 Å². The lowest BCUT2D eigenvalue weighted by atomic mass is 9.83. The zero-order valence-electron chi connectivity index (χ0n) is 15.4. The third-order valence-corrected chi connectivity index (χ3v) is 4.75. The molecule has 0 spiro atoms. The summed E-state index contributed by atoms with van der Waals surface area (Å²) in [5.41, 5.74) is 1.63. The van der Waals surface area contributed by atoms with Gasteiger partial charge in [-0.15, -0.1) is 0 Å². The van der Waals surface area contributed by atoms with Crippen LogP contribution < -0.4 is 5.32 Å². The highest BCUT2D eigenvalue weighted by atomic mass is 16.5. The first-order valence-electron chi connectivity index (χ1n) is 8.73. The smallest absolute Gasteiger partial charge is 0.328 e. The van der Waals surface area contributed by atoms with Gasteiger partial charge in [-0.25, -0.2) is 4.79 Å². The highest BCUT2D eigenvalue weighted by Crippen LogP contribution is 2.26. The molecule has 0 saturated heterocycles. The fourth-order valence-electron chi connectivity index (χ4n) is 3.18. The van der Waals surface area contributed by atoms with E-state index in [0.717, 1.165) is 18.4 Å². The van der Waals surface area contributed by atoms with Crippen molar-refractivity contribution in [2.45, 2.75) is 57.9 Å². The number of hydrogen-bond acceptors (Lipinski definition) is 4. The molecule has 0 aromatic heterocycles. The molecule has 0 unspecified atom stereocenters. The number of carbonyl (C=O) groups excluding carboxylic acids is 3. The van der Waals surface area contributed by atoms with Gasteiger partial charge in [0.25, 0.3) is 5.91 Å². The summed E-state index contributed by atoms with van der Waals surface area (Å²) in [6.45, 7) is 6.32. The van der Waals surface area contributed by atoms with E-state index in [1.165, 1.54) is 7.11 Å². The van der Waals surface area contributed by atoms with Gasteiger partial charge in [-0.3, -0.25) is 9.59 Å². The summed E-state index contributed by atoms with van der Waals surface area (Å²) in [4.78, 5) is 36.4.